The molecule has 0 bridgehead atoms. The Kier molecular flexibility index (Phi) is 4.55. The first-order valence-electron chi connectivity index (χ1n) is 4.87. The van der Waals surface area contributed by atoms with E-state index in [9.17, 15) is 13.2 Å². The smallest absolute Gasteiger partial charge is 0.259 e. The van der Waals surface area contributed by atoms with Gasteiger partial charge in [-0.05, 0) is 18.2 Å². The molecule has 1 aromatic rings. The summed E-state index contributed by atoms with van der Waals surface area (Å²) in [6.45, 7) is -0.179. The summed E-state index contributed by atoms with van der Waals surface area (Å²) in [6.07, 6.45) is 0. The van der Waals surface area contributed by atoms with Crippen molar-refractivity contribution >= 4 is 27.5 Å². The number of nitrogens with two attached hydrogens (primary N) is 1. The SMILES string of the molecule is CN(C)C(=O)COc1ccc(S(N)(=O)=O)cc1Cl. The predicted octanol–water partition coefficient (Wildman–Crippen LogP) is 0.454. The van der Waals surface area contributed by atoms with Gasteiger partial charge < -0.3 is 9.64 Å². The number of halogens is 1. The van der Waals surface area contributed by atoms with Crippen molar-refractivity contribution < 1.29 is 17.9 Å². The number of ether oxygens (including phenoxy) is 1. The molecule has 0 spiro atoms. The van der Waals surface area contributed by atoms with Crippen molar-refractivity contribution in [2.75, 3.05) is 20.7 Å². The van der Waals surface area contributed by atoms with Gasteiger partial charge in [-0.2, -0.15) is 0 Å². The molecule has 0 aromatic heterocycles. The number of primary sulfonamides is 1. The van der Waals surface area contributed by atoms with Gasteiger partial charge in [-0.3, -0.25) is 4.79 Å². The summed E-state index contributed by atoms with van der Waals surface area (Å²) in [4.78, 5) is 12.6. The molecule has 100 valence electrons. The highest BCUT2D eigenvalue weighted by Gasteiger charge is 2.12. The zero-order chi connectivity index (χ0) is 13.9. The van der Waals surface area contributed by atoms with Crippen molar-refractivity contribution in [3.05, 3.63) is 23.2 Å². The van der Waals surface area contributed by atoms with E-state index in [-0.39, 0.29) is 28.2 Å². The summed E-state index contributed by atoms with van der Waals surface area (Å²) < 4.78 is 27.3. The average molecular weight is 293 g/mol. The van der Waals surface area contributed by atoms with Gasteiger partial charge in [-0.1, -0.05) is 11.6 Å². The van der Waals surface area contributed by atoms with Crippen LogP contribution in [0.25, 0.3) is 0 Å². The Morgan fingerprint density at radius 1 is 1.44 bits per heavy atom. The van der Waals surface area contributed by atoms with E-state index in [2.05, 4.69) is 0 Å². The number of rotatable bonds is 4. The Labute approximate surface area is 110 Å². The van der Waals surface area contributed by atoms with Crippen LogP contribution < -0.4 is 9.88 Å². The van der Waals surface area contributed by atoms with Gasteiger partial charge in [0.15, 0.2) is 6.61 Å². The van der Waals surface area contributed by atoms with Crippen molar-refractivity contribution in [1.29, 1.82) is 0 Å². The molecular formula is C10H13ClN2O4S. The van der Waals surface area contributed by atoms with Crippen molar-refractivity contribution in [2.45, 2.75) is 4.90 Å². The van der Waals surface area contributed by atoms with E-state index in [1.807, 2.05) is 0 Å². The third-order valence-corrected chi connectivity index (χ3v) is 3.29. The molecule has 1 aromatic carbocycles. The highest BCUT2D eigenvalue weighted by molar-refractivity contribution is 7.89. The lowest BCUT2D eigenvalue weighted by Gasteiger charge is -2.12. The summed E-state index contributed by atoms with van der Waals surface area (Å²) in [5.41, 5.74) is 0. The van der Waals surface area contributed by atoms with Gasteiger partial charge in [-0.25, -0.2) is 13.6 Å². The molecule has 1 amide bonds. The van der Waals surface area contributed by atoms with E-state index in [1.165, 1.54) is 23.1 Å². The monoisotopic (exact) mass is 292 g/mol. The molecule has 0 unspecified atom stereocenters. The van der Waals surface area contributed by atoms with Crippen LogP contribution in [0.1, 0.15) is 0 Å². The molecule has 0 saturated heterocycles. The Morgan fingerprint density at radius 3 is 2.50 bits per heavy atom. The number of amides is 1. The van der Waals surface area contributed by atoms with E-state index in [1.54, 1.807) is 14.1 Å². The Morgan fingerprint density at radius 2 is 2.06 bits per heavy atom. The number of nitrogens with zero attached hydrogens (tertiary/aromatic N) is 1. The minimum Gasteiger partial charge on any atom is -0.482 e. The highest BCUT2D eigenvalue weighted by Crippen LogP contribution is 2.26. The predicted molar refractivity (Wildman–Crippen MR) is 67.0 cm³/mol. The zero-order valence-corrected chi connectivity index (χ0v) is 11.5. The van der Waals surface area contributed by atoms with Crippen LogP contribution in [-0.4, -0.2) is 39.9 Å². The second-order valence-corrected chi connectivity index (χ2v) is 5.68. The first kappa shape index (κ1) is 14.7. The van der Waals surface area contributed by atoms with Crippen molar-refractivity contribution in [1.82, 2.24) is 4.90 Å². The second-order valence-electron chi connectivity index (χ2n) is 3.71. The molecule has 0 fully saturated rings. The van der Waals surface area contributed by atoms with Crippen LogP contribution in [-0.2, 0) is 14.8 Å². The van der Waals surface area contributed by atoms with Gasteiger partial charge in [0.2, 0.25) is 10.0 Å². The summed E-state index contributed by atoms with van der Waals surface area (Å²) >= 11 is 5.83. The lowest BCUT2D eigenvalue weighted by atomic mass is 10.3. The van der Waals surface area contributed by atoms with Crippen molar-refractivity contribution in [2.24, 2.45) is 5.14 Å². The third-order valence-electron chi connectivity index (χ3n) is 2.08. The van der Waals surface area contributed by atoms with Crippen LogP contribution in [0.4, 0.5) is 0 Å². The van der Waals surface area contributed by atoms with E-state index < -0.39 is 10.0 Å². The van der Waals surface area contributed by atoms with Gasteiger partial charge >= 0.3 is 0 Å². The van der Waals surface area contributed by atoms with Gasteiger partial charge in [0, 0.05) is 14.1 Å². The average Bonchev–Trinajstić information content (AvgIpc) is 2.25. The molecule has 6 nitrogen and oxygen atoms in total. The maximum atomic E-state index is 11.3. The number of hydrogen-bond acceptors (Lipinski definition) is 4. The first-order valence-corrected chi connectivity index (χ1v) is 6.79. The number of carbonyl (C=O) groups excluding carboxylic acids is 1. The molecule has 2 N–H and O–H groups in total. The van der Waals surface area contributed by atoms with E-state index in [0.29, 0.717) is 0 Å². The fourth-order valence-electron chi connectivity index (χ4n) is 1.04. The second kappa shape index (κ2) is 5.55. The maximum absolute atomic E-state index is 11.3. The van der Waals surface area contributed by atoms with E-state index >= 15 is 0 Å². The molecule has 1 rings (SSSR count). The molecule has 18 heavy (non-hydrogen) atoms. The largest absolute Gasteiger partial charge is 0.482 e. The summed E-state index contributed by atoms with van der Waals surface area (Å²) in [5, 5.41) is 5.03. The Balaban J connectivity index is 2.84. The van der Waals surface area contributed by atoms with Crippen molar-refractivity contribution in [3.63, 3.8) is 0 Å². The van der Waals surface area contributed by atoms with Gasteiger partial charge in [0.05, 0.1) is 9.92 Å². The number of sulfonamides is 1. The molecule has 0 aliphatic carbocycles. The fourth-order valence-corrected chi connectivity index (χ4v) is 1.88. The van der Waals surface area contributed by atoms with Crippen LogP contribution in [0.2, 0.25) is 5.02 Å². The first-order chi connectivity index (χ1) is 8.21. The summed E-state index contributed by atoms with van der Waals surface area (Å²) in [7, 11) is -0.613. The Bertz CT molecular complexity index is 557. The fraction of sp³-hybridized carbons (Fsp3) is 0.300. The van der Waals surface area contributed by atoms with Crippen LogP contribution in [0, 0.1) is 0 Å². The Hall–Kier alpha value is -1.31. The number of likely N-dealkylation sites (N-methyl/N-ethyl adjacent to an activating group) is 1. The van der Waals surface area contributed by atoms with Gasteiger partial charge in [-0.15, -0.1) is 0 Å². The highest BCUT2D eigenvalue weighted by atomic mass is 35.5. The molecular weight excluding hydrogens is 280 g/mol. The van der Waals surface area contributed by atoms with Gasteiger partial charge in [0.1, 0.15) is 5.75 Å². The third kappa shape index (κ3) is 3.86. The van der Waals surface area contributed by atoms with Crippen LogP contribution in [0.3, 0.4) is 0 Å². The summed E-state index contributed by atoms with van der Waals surface area (Å²) in [5.74, 6) is -0.0131. The van der Waals surface area contributed by atoms with E-state index in [4.69, 9.17) is 21.5 Å². The molecule has 0 heterocycles. The summed E-state index contributed by atoms with van der Waals surface area (Å²) in [6, 6.07) is 3.79. The topological polar surface area (TPSA) is 89.7 Å². The molecule has 0 atom stereocenters. The number of hydrogen-bond donors (Lipinski definition) is 1. The number of carbonyl (C=O) groups is 1. The van der Waals surface area contributed by atoms with Crippen LogP contribution in [0.5, 0.6) is 5.75 Å². The van der Waals surface area contributed by atoms with Crippen LogP contribution in [0.15, 0.2) is 23.1 Å². The number of benzene rings is 1. The van der Waals surface area contributed by atoms with Crippen LogP contribution >= 0.6 is 11.6 Å². The maximum Gasteiger partial charge on any atom is 0.259 e. The molecule has 0 aliphatic rings. The molecule has 0 saturated carbocycles. The standard InChI is InChI=1S/C10H13ClN2O4S/c1-13(2)10(14)6-17-9-4-3-7(5-8(9)11)18(12,15)16/h3-5H,6H2,1-2H3,(H2,12,15,16). The lowest BCUT2D eigenvalue weighted by Crippen LogP contribution is -2.27. The quantitative estimate of drug-likeness (QED) is 0.873. The van der Waals surface area contributed by atoms with Crippen molar-refractivity contribution in [3.8, 4) is 5.75 Å². The lowest BCUT2D eigenvalue weighted by molar-refractivity contribution is -0.130. The zero-order valence-electron chi connectivity index (χ0n) is 9.88. The molecule has 0 radical (unpaired) electrons. The minimum atomic E-state index is -3.80. The molecule has 0 aliphatic heterocycles. The molecule has 8 heteroatoms. The minimum absolute atomic E-state index is 0.0769. The van der Waals surface area contributed by atoms with E-state index in [0.717, 1.165) is 0 Å². The normalized spacial score (nSPS) is 11.1. The van der Waals surface area contributed by atoms with Gasteiger partial charge in [0.25, 0.3) is 5.91 Å².